The van der Waals surface area contributed by atoms with Gasteiger partial charge in [0, 0.05) is 6.07 Å². The Labute approximate surface area is 198 Å². The number of fused-ring (bicyclic) bond motifs is 2. The highest BCUT2D eigenvalue weighted by atomic mass is 16.6. The predicted molar refractivity (Wildman–Crippen MR) is 134 cm³/mol. The van der Waals surface area contributed by atoms with Crippen molar-refractivity contribution in [1.29, 1.82) is 0 Å². The maximum atomic E-state index is 13.6. The molecule has 1 aliphatic rings. The van der Waals surface area contributed by atoms with Crippen LogP contribution >= 0.6 is 0 Å². The zero-order valence-corrected chi connectivity index (χ0v) is 19.4. The second-order valence-corrected chi connectivity index (χ2v) is 8.26. The van der Waals surface area contributed by atoms with Crippen LogP contribution in [0.1, 0.15) is 29.4 Å². The lowest BCUT2D eigenvalue weighted by atomic mass is 10.00. The van der Waals surface area contributed by atoms with E-state index in [0.717, 1.165) is 34.4 Å². The van der Waals surface area contributed by atoms with Gasteiger partial charge in [0.1, 0.15) is 36.9 Å². The van der Waals surface area contributed by atoms with Crippen LogP contribution in [-0.4, -0.2) is 13.2 Å². The molecule has 3 aromatic carbocycles. The quantitative estimate of drug-likeness (QED) is 0.341. The highest BCUT2D eigenvalue weighted by Crippen LogP contribution is 2.36. The molecule has 34 heavy (non-hydrogen) atoms. The van der Waals surface area contributed by atoms with Gasteiger partial charge in [0.15, 0.2) is 11.5 Å². The van der Waals surface area contributed by atoms with Crippen LogP contribution in [0.25, 0.3) is 28.2 Å². The lowest BCUT2D eigenvalue weighted by Gasteiger charge is -2.19. The first-order valence-corrected chi connectivity index (χ1v) is 11.4. The summed E-state index contributed by atoms with van der Waals surface area (Å²) >= 11 is 0. The highest BCUT2D eigenvalue weighted by molar-refractivity contribution is 5.85. The summed E-state index contributed by atoms with van der Waals surface area (Å²) in [6.45, 7) is 9.07. The highest BCUT2D eigenvalue weighted by Gasteiger charge is 2.19. The van der Waals surface area contributed by atoms with Crippen molar-refractivity contribution < 1.29 is 18.6 Å². The van der Waals surface area contributed by atoms with Gasteiger partial charge in [-0.1, -0.05) is 49.9 Å². The molecule has 4 aromatic rings. The standard InChI is InChI=1S/C29H26O5/c1-4-19-6-8-20(9-7-19)17-33-25-16-26-23(14-21(25)5-2)29(30)28(18(3)34-26)22-10-11-24-27(15-22)32-13-12-31-24/h4,6-11,14-16H,1,5,12-13,17H2,2-3H3. The average Bonchev–Trinajstić information content (AvgIpc) is 2.87. The molecule has 0 aliphatic carbocycles. The van der Waals surface area contributed by atoms with Crippen molar-refractivity contribution in [1.82, 2.24) is 0 Å². The minimum atomic E-state index is -0.0725. The monoisotopic (exact) mass is 454 g/mol. The van der Waals surface area contributed by atoms with Gasteiger partial charge in [-0.3, -0.25) is 4.79 Å². The van der Waals surface area contributed by atoms with Crippen LogP contribution in [-0.2, 0) is 13.0 Å². The zero-order valence-electron chi connectivity index (χ0n) is 19.4. The summed E-state index contributed by atoms with van der Waals surface area (Å²) in [7, 11) is 0. The summed E-state index contributed by atoms with van der Waals surface area (Å²) in [5, 5.41) is 0.537. The van der Waals surface area contributed by atoms with Crippen LogP contribution in [0.5, 0.6) is 17.2 Å². The maximum absolute atomic E-state index is 13.6. The Bertz CT molecular complexity index is 1430. The molecule has 0 radical (unpaired) electrons. The molecule has 0 unspecified atom stereocenters. The van der Waals surface area contributed by atoms with Crippen LogP contribution in [0, 0.1) is 6.92 Å². The molecule has 0 bridgehead atoms. The van der Waals surface area contributed by atoms with Crippen molar-refractivity contribution in [3.8, 4) is 28.4 Å². The Kier molecular flexibility index (Phi) is 5.84. The fourth-order valence-electron chi connectivity index (χ4n) is 4.23. The van der Waals surface area contributed by atoms with Gasteiger partial charge >= 0.3 is 0 Å². The van der Waals surface area contributed by atoms with Crippen molar-refractivity contribution in [3.63, 3.8) is 0 Å². The van der Waals surface area contributed by atoms with Crippen LogP contribution in [0.4, 0.5) is 0 Å². The van der Waals surface area contributed by atoms with Crippen molar-refractivity contribution >= 4 is 17.0 Å². The summed E-state index contributed by atoms with van der Waals surface area (Å²) in [5.41, 5.74) is 4.80. The zero-order chi connectivity index (χ0) is 23.7. The lowest BCUT2D eigenvalue weighted by molar-refractivity contribution is 0.171. The third kappa shape index (κ3) is 4.05. The Morgan fingerprint density at radius 2 is 1.76 bits per heavy atom. The van der Waals surface area contributed by atoms with Crippen molar-refractivity contribution in [2.75, 3.05) is 13.2 Å². The van der Waals surface area contributed by atoms with Crippen LogP contribution in [0.15, 0.2) is 70.4 Å². The van der Waals surface area contributed by atoms with E-state index in [4.69, 9.17) is 18.6 Å². The fraction of sp³-hybridized carbons (Fsp3) is 0.207. The van der Waals surface area contributed by atoms with Crippen LogP contribution < -0.4 is 19.6 Å². The van der Waals surface area contributed by atoms with Crippen molar-refractivity contribution in [2.24, 2.45) is 0 Å². The second kappa shape index (κ2) is 9.10. The minimum Gasteiger partial charge on any atom is -0.488 e. The molecule has 1 aliphatic heterocycles. The number of benzene rings is 3. The predicted octanol–water partition coefficient (Wildman–Crippen LogP) is 6.32. The van der Waals surface area contributed by atoms with Gasteiger partial charge in [0.25, 0.3) is 0 Å². The van der Waals surface area contributed by atoms with E-state index in [2.05, 4.69) is 6.58 Å². The van der Waals surface area contributed by atoms with Gasteiger partial charge in [0.05, 0.1) is 10.9 Å². The van der Waals surface area contributed by atoms with Gasteiger partial charge < -0.3 is 18.6 Å². The van der Waals surface area contributed by atoms with Gasteiger partial charge in [0.2, 0.25) is 5.43 Å². The maximum Gasteiger partial charge on any atom is 0.200 e. The second-order valence-electron chi connectivity index (χ2n) is 8.26. The molecule has 0 spiro atoms. The summed E-state index contributed by atoms with van der Waals surface area (Å²) in [6.07, 6.45) is 2.54. The Balaban J connectivity index is 1.52. The Morgan fingerprint density at radius 3 is 2.50 bits per heavy atom. The van der Waals surface area contributed by atoms with Gasteiger partial charge in [-0.05, 0) is 53.8 Å². The topological polar surface area (TPSA) is 57.9 Å². The largest absolute Gasteiger partial charge is 0.488 e. The fourth-order valence-corrected chi connectivity index (χ4v) is 4.23. The van der Waals surface area contributed by atoms with E-state index in [0.29, 0.717) is 53.6 Å². The molecule has 5 nitrogen and oxygen atoms in total. The Hall–Kier alpha value is -3.99. The Morgan fingerprint density at radius 1 is 1.00 bits per heavy atom. The van der Waals surface area contributed by atoms with Gasteiger partial charge in [-0.25, -0.2) is 0 Å². The third-order valence-electron chi connectivity index (χ3n) is 6.07. The molecule has 5 heteroatoms. The first-order valence-electron chi connectivity index (χ1n) is 11.4. The molecule has 0 amide bonds. The SMILES string of the molecule is C=Cc1ccc(COc2cc3oc(C)c(-c4ccc5c(c4)OCCO5)c(=O)c3cc2CC)cc1. The molecule has 0 saturated carbocycles. The molecule has 0 saturated heterocycles. The molecule has 1 aromatic heterocycles. The van der Waals surface area contributed by atoms with E-state index in [1.54, 1.807) is 0 Å². The van der Waals surface area contributed by atoms with E-state index in [9.17, 15) is 4.79 Å². The number of hydrogen-bond donors (Lipinski definition) is 0. The molecular formula is C29H26O5. The number of hydrogen-bond acceptors (Lipinski definition) is 5. The first kappa shape index (κ1) is 21.8. The molecular weight excluding hydrogens is 428 g/mol. The summed E-state index contributed by atoms with van der Waals surface area (Å²) < 4.78 is 23.6. The molecule has 172 valence electrons. The van der Waals surface area contributed by atoms with Crippen molar-refractivity contribution in [2.45, 2.75) is 26.9 Å². The smallest absolute Gasteiger partial charge is 0.200 e. The number of rotatable bonds is 6. The molecule has 5 rings (SSSR count). The van der Waals surface area contributed by atoms with E-state index >= 15 is 0 Å². The summed E-state index contributed by atoms with van der Waals surface area (Å²) in [4.78, 5) is 13.6. The van der Waals surface area contributed by atoms with Crippen molar-refractivity contribution in [3.05, 3.63) is 93.9 Å². The average molecular weight is 455 g/mol. The van der Waals surface area contributed by atoms with Crippen LogP contribution in [0.3, 0.4) is 0 Å². The van der Waals surface area contributed by atoms with E-state index in [1.807, 2.05) is 74.5 Å². The van der Waals surface area contributed by atoms with Crippen LogP contribution in [0.2, 0.25) is 0 Å². The molecule has 0 fully saturated rings. The first-order chi connectivity index (χ1) is 16.6. The molecule has 0 N–H and O–H groups in total. The van der Waals surface area contributed by atoms with E-state index in [-0.39, 0.29) is 5.43 Å². The molecule has 0 atom stereocenters. The summed E-state index contributed by atoms with van der Waals surface area (Å²) in [5.74, 6) is 2.59. The van der Waals surface area contributed by atoms with Gasteiger partial charge in [-0.2, -0.15) is 0 Å². The number of ether oxygens (including phenoxy) is 3. The summed E-state index contributed by atoms with van der Waals surface area (Å²) in [6, 6.07) is 17.3. The normalized spacial score (nSPS) is 12.5. The number of aryl methyl sites for hydroxylation is 2. The van der Waals surface area contributed by atoms with E-state index in [1.165, 1.54) is 0 Å². The lowest BCUT2D eigenvalue weighted by Crippen LogP contribution is -2.15. The van der Waals surface area contributed by atoms with Gasteiger partial charge in [-0.15, -0.1) is 0 Å². The van der Waals surface area contributed by atoms with E-state index < -0.39 is 0 Å². The third-order valence-corrected chi connectivity index (χ3v) is 6.07. The minimum absolute atomic E-state index is 0.0725. The molecule has 2 heterocycles.